The smallest absolute Gasteiger partial charge is 0.238 e. The molecule has 2 aromatic carbocycles. The summed E-state index contributed by atoms with van der Waals surface area (Å²) in [4.78, 5) is 7.05. The van der Waals surface area contributed by atoms with Crippen LogP contribution < -0.4 is 10.0 Å². The molecule has 0 amide bonds. The van der Waals surface area contributed by atoms with E-state index in [1.807, 2.05) is 27.7 Å². The van der Waals surface area contributed by atoms with Gasteiger partial charge in [0, 0.05) is 18.7 Å². The van der Waals surface area contributed by atoms with E-state index in [2.05, 4.69) is 4.90 Å². The van der Waals surface area contributed by atoms with Gasteiger partial charge in [-0.25, -0.2) is 18.5 Å². The Labute approximate surface area is 163 Å². The Kier molecular flexibility index (Phi) is 5.16. The number of thiazole rings is 1. The first-order chi connectivity index (χ1) is 12.6. The molecule has 0 saturated carbocycles. The summed E-state index contributed by atoms with van der Waals surface area (Å²) in [7, 11) is -3.69. The maximum Gasteiger partial charge on any atom is 0.238 e. The highest BCUT2D eigenvalue weighted by molar-refractivity contribution is 7.89. The Bertz CT molecular complexity index is 1060. The summed E-state index contributed by atoms with van der Waals surface area (Å²) in [5.41, 5.74) is 4.59. The van der Waals surface area contributed by atoms with Crippen molar-refractivity contribution in [3.05, 3.63) is 46.5 Å². The van der Waals surface area contributed by atoms with Crippen LogP contribution in [0.4, 0.5) is 5.13 Å². The van der Waals surface area contributed by atoms with E-state index in [-0.39, 0.29) is 4.90 Å². The van der Waals surface area contributed by atoms with Crippen molar-refractivity contribution in [2.24, 2.45) is 5.14 Å². The Morgan fingerprint density at radius 2 is 1.74 bits per heavy atom. The molecule has 1 heterocycles. The van der Waals surface area contributed by atoms with E-state index in [0.29, 0.717) is 12.3 Å². The molecule has 3 rings (SSSR count). The number of phenols is 1. The van der Waals surface area contributed by atoms with Gasteiger partial charge >= 0.3 is 0 Å². The van der Waals surface area contributed by atoms with Crippen molar-refractivity contribution in [2.45, 2.75) is 39.1 Å². The van der Waals surface area contributed by atoms with Gasteiger partial charge in [0.2, 0.25) is 10.0 Å². The number of rotatable bonds is 5. The van der Waals surface area contributed by atoms with E-state index >= 15 is 0 Å². The number of nitrogens with zero attached hydrogens (tertiary/aromatic N) is 2. The molecule has 0 spiro atoms. The second-order valence-electron chi connectivity index (χ2n) is 6.60. The predicted octanol–water partition coefficient (Wildman–Crippen LogP) is 3.60. The van der Waals surface area contributed by atoms with Gasteiger partial charge in [0.05, 0.1) is 15.1 Å². The van der Waals surface area contributed by atoms with Crippen LogP contribution in [0, 0.1) is 20.8 Å². The van der Waals surface area contributed by atoms with Crippen molar-refractivity contribution in [1.82, 2.24) is 4.98 Å². The van der Waals surface area contributed by atoms with Gasteiger partial charge in [0.25, 0.3) is 0 Å². The fourth-order valence-electron chi connectivity index (χ4n) is 3.02. The van der Waals surface area contributed by atoms with Gasteiger partial charge in [-0.15, -0.1) is 0 Å². The summed E-state index contributed by atoms with van der Waals surface area (Å²) in [5.74, 6) is 0.330. The van der Waals surface area contributed by atoms with Crippen LogP contribution in [0.2, 0.25) is 0 Å². The first kappa shape index (κ1) is 19.6. The molecule has 0 radical (unpaired) electrons. The average Bonchev–Trinajstić information content (AvgIpc) is 3.07. The monoisotopic (exact) mass is 405 g/mol. The molecule has 27 heavy (non-hydrogen) atoms. The molecule has 6 nitrogen and oxygen atoms in total. The SMILES string of the molecule is CCN(Cc1ccc(S(N)(=O)=O)cc1)c1nc2c(C)c(C)c(O)c(C)c2s1. The zero-order valence-corrected chi connectivity index (χ0v) is 17.4. The summed E-state index contributed by atoms with van der Waals surface area (Å²) in [6.07, 6.45) is 0. The van der Waals surface area contributed by atoms with Crippen LogP contribution in [0.25, 0.3) is 10.2 Å². The summed E-state index contributed by atoms with van der Waals surface area (Å²) in [6.45, 7) is 9.19. The van der Waals surface area contributed by atoms with Gasteiger partial charge in [0.15, 0.2) is 5.13 Å². The van der Waals surface area contributed by atoms with Gasteiger partial charge in [-0.1, -0.05) is 23.5 Å². The lowest BCUT2D eigenvalue weighted by Crippen LogP contribution is -2.21. The molecule has 3 aromatic rings. The molecule has 0 unspecified atom stereocenters. The minimum atomic E-state index is -3.69. The normalized spacial score (nSPS) is 11.9. The van der Waals surface area contributed by atoms with Crippen LogP contribution in [-0.4, -0.2) is 25.1 Å². The third-order valence-corrected chi connectivity index (χ3v) is 7.03. The maximum atomic E-state index is 11.4. The summed E-state index contributed by atoms with van der Waals surface area (Å²) >= 11 is 1.56. The van der Waals surface area contributed by atoms with Gasteiger partial charge in [-0.2, -0.15) is 0 Å². The van der Waals surface area contributed by atoms with E-state index < -0.39 is 10.0 Å². The fourth-order valence-corrected chi connectivity index (χ4v) is 4.72. The number of hydrogen-bond acceptors (Lipinski definition) is 6. The molecule has 8 heteroatoms. The lowest BCUT2D eigenvalue weighted by molar-refractivity contribution is 0.467. The first-order valence-corrected chi connectivity index (χ1v) is 11.0. The van der Waals surface area contributed by atoms with Crippen LogP contribution in [0.1, 0.15) is 29.2 Å². The second kappa shape index (κ2) is 7.10. The van der Waals surface area contributed by atoms with Gasteiger partial charge in [0.1, 0.15) is 5.75 Å². The number of anilines is 1. The van der Waals surface area contributed by atoms with Crippen molar-refractivity contribution in [1.29, 1.82) is 0 Å². The molecule has 0 atom stereocenters. The van der Waals surface area contributed by atoms with E-state index in [4.69, 9.17) is 10.1 Å². The van der Waals surface area contributed by atoms with E-state index in [1.54, 1.807) is 23.5 Å². The molecular formula is C19H23N3O3S2. The van der Waals surface area contributed by atoms with Crippen LogP contribution in [0.5, 0.6) is 5.75 Å². The highest BCUT2D eigenvalue weighted by atomic mass is 32.2. The highest BCUT2D eigenvalue weighted by Gasteiger charge is 2.18. The molecule has 0 saturated heterocycles. The van der Waals surface area contributed by atoms with Crippen LogP contribution in [0.3, 0.4) is 0 Å². The van der Waals surface area contributed by atoms with E-state index in [9.17, 15) is 13.5 Å². The number of aromatic nitrogens is 1. The molecule has 0 aliphatic rings. The summed E-state index contributed by atoms with van der Waals surface area (Å²) < 4.78 is 23.8. The summed E-state index contributed by atoms with van der Waals surface area (Å²) in [5, 5.41) is 16.4. The highest BCUT2D eigenvalue weighted by Crippen LogP contribution is 2.39. The number of aromatic hydroxyl groups is 1. The Morgan fingerprint density at radius 3 is 2.30 bits per heavy atom. The third-order valence-electron chi connectivity index (χ3n) is 4.86. The zero-order chi connectivity index (χ0) is 19.9. The number of aryl methyl sites for hydroxylation is 2. The number of benzene rings is 2. The van der Waals surface area contributed by atoms with Gasteiger partial charge in [-0.3, -0.25) is 0 Å². The maximum absolute atomic E-state index is 11.4. The second-order valence-corrected chi connectivity index (χ2v) is 9.14. The lowest BCUT2D eigenvalue weighted by Gasteiger charge is -2.19. The minimum Gasteiger partial charge on any atom is -0.507 e. The molecular weight excluding hydrogens is 382 g/mol. The number of nitrogens with two attached hydrogens (primary N) is 1. The first-order valence-electron chi connectivity index (χ1n) is 8.59. The molecule has 1 aromatic heterocycles. The van der Waals surface area contributed by atoms with Crippen LogP contribution in [-0.2, 0) is 16.6 Å². The van der Waals surface area contributed by atoms with Crippen molar-refractivity contribution in [3.63, 3.8) is 0 Å². The minimum absolute atomic E-state index is 0.103. The molecule has 3 N–H and O–H groups in total. The Morgan fingerprint density at radius 1 is 1.11 bits per heavy atom. The summed E-state index contributed by atoms with van der Waals surface area (Å²) in [6, 6.07) is 6.57. The molecule has 0 bridgehead atoms. The van der Waals surface area contributed by atoms with E-state index in [1.165, 1.54) is 12.1 Å². The molecule has 0 aliphatic heterocycles. The topological polar surface area (TPSA) is 96.5 Å². The predicted molar refractivity (Wildman–Crippen MR) is 110 cm³/mol. The zero-order valence-electron chi connectivity index (χ0n) is 15.8. The Hall–Kier alpha value is -2.16. The third kappa shape index (κ3) is 3.65. The fraction of sp³-hybridized carbons (Fsp3) is 0.316. The largest absolute Gasteiger partial charge is 0.507 e. The number of primary sulfonamides is 1. The number of phenolic OH excluding ortho intramolecular Hbond substituents is 1. The number of hydrogen-bond donors (Lipinski definition) is 2. The van der Waals surface area contributed by atoms with E-state index in [0.717, 1.165) is 44.1 Å². The average molecular weight is 406 g/mol. The van der Waals surface area contributed by atoms with Crippen molar-refractivity contribution < 1.29 is 13.5 Å². The van der Waals surface area contributed by atoms with Gasteiger partial charge in [-0.05, 0) is 56.5 Å². The standard InChI is InChI=1S/C19H23N3O3S2/c1-5-22(10-14-6-8-15(9-7-14)27(20,24)25)19-21-16-11(2)12(3)17(23)13(4)18(16)26-19/h6-9,23H,5,10H2,1-4H3,(H2,20,24,25). The van der Waals surface area contributed by atoms with Crippen molar-refractivity contribution in [2.75, 3.05) is 11.4 Å². The lowest BCUT2D eigenvalue weighted by atomic mass is 10.0. The number of sulfonamides is 1. The van der Waals surface area contributed by atoms with Crippen molar-refractivity contribution in [3.8, 4) is 5.75 Å². The van der Waals surface area contributed by atoms with Crippen LogP contribution >= 0.6 is 11.3 Å². The molecule has 0 fully saturated rings. The Balaban J connectivity index is 1.96. The molecule has 0 aliphatic carbocycles. The quantitative estimate of drug-likeness (QED) is 0.676. The molecule has 144 valence electrons. The van der Waals surface area contributed by atoms with Gasteiger partial charge < -0.3 is 10.0 Å². The van der Waals surface area contributed by atoms with Crippen LogP contribution in [0.15, 0.2) is 29.2 Å². The number of fused-ring (bicyclic) bond motifs is 1. The van der Waals surface area contributed by atoms with Crippen molar-refractivity contribution >= 4 is 36.7 Å².